The standard InChI is InChI=1S/C9H9BrN4S/c1-5(11)7-8(13-3-2-12-7)9-14-4-6(10)15-9/h2-5H,11H2,1H3. The average molecular weight is 285 g/mol. The lowest BCUT2D eigenvalue weighted by atomic mass is 10.2. The predicted molar refractivity (Wildman–Crippen MR) is 63.4 cm³/mol. The van der Waals surface area contributed by atoms with Gasteiger partial charge in [0.05, 0.1) is 15.7 Å². The molecular weight excluding hydrogens is 276 g/mol. The van der Waals surface area contributed by atoms with E-state index in [0.717, 1.165) is 20.2 Å². The summed E-state index contributed by atoms with van der Waals surface area (Å²) in [5.41, 5.74) is 7.37. The number of rotatable bonds is 2. The minimum atomic E-state index is -0.142. The Labute approximate surface area is 99.7 Å². The van der Waals surface area contributed by atoms with Crippen molar-refractivity contribution in [2.45, 2.75) is 13.0 Å². The number of hydrogen-bond acceptors (Lipinski definition) is 5. The molecule has 78 valence electrons. The first-order valence-corrected chi connectivity index (χ1v) is 5.97. The summed E-state index contributed by atoms with van der Waals surface area (Å²) in [5, 5.41) is 0.835. The van der Waals surface area contributed by atoms with E-state index in [0.29, 0.717) is 0 Å². The van der Waals surface area contributed by atoms with Crippen molar-refractivity contribution in [3.8, 4) is 10.7 Å². The normalized spacial score (nSPS) is 12.7. The van der Waals surface area contributed by atoms with Gasteiger partial charge in [0, 0.05) is 18.4 Å². The Morgan fingerprint density at radius 3 is 2.67 bits per heavy atom. The summed E-state index contributed by atoms with van der Waals surface area (Å²) in [5.74, 6) is 0. The van der Waals surface area contributed by atoms with Crippen molar-refractivity contribution in [1.29, 1.82) is 0 Å². The van der Waals surface area contributed by atoms with E-state index in [2.05, 4.69) is 30.9 Å². The zero-order chi connectivity index (χ0) is 10.8. The highest BCUT2D eigenvalue weighted by molar-refractivity contribution is 9.11. The molecule has 0 aliphatic rings. The maximum atomic E-state index is 5.82. The summed E-state index contributed by atoms with van der Waals surface area (Å²) < 4.78 is 0.971. The second kappa shape index (κ2) is 4.34. The number of nitrogens with two attached hydrogens (primary N) is 1. The van der Waals surface area contributed by atoms with Crippen LogP contribution in [0.15, 0.2) is 22.4 Å². The van der Waals surface area contributed by atoms with E-state index in [-0.39, 0.29) is 6.04 Å². The first-order valence-electron chi connectivity index (χ1n) is 4.36. The highest BCUT2D eigenvalue weighted by atomic mass is 79.9. The Bertz CT molecular complexity index is 469. The molecule has 2 heterocycles. The molecule has 0 spiro atoms. The third-order valence-electron chi connectivity index (χ3n) is 1.84. The molecule has 15 heavy (non-hydrogen) atoms. The zero-order valence-electron chi connectivity index (χ0n) is 8.01. The van der Waals surface area contributed by atoms with Crippen LogP contribution in [0.3, 0.4) is 0 Å². The minimum Gasteiger partial charge on any atom is -0.323 e. The Morgan fingerprint density at radius 1 is 1.33 bits per heavy atom. The molecule has 2 N–H and O–H groups in total. The van der Waals surface area contributed by atoms with Crippen molar-refractivity contribution in [2.75, 3.05) is 0 Å². The third-order valence-corrected chi connectivity index (χ3v) is 3.32. The molecule has 4 nitrogen and oxygen atoms in total. The molecule has 2 aromatic heterocycles. The first kappa shape index (κ1) is 10.7. The zero-order valence-corrected chi connectivity index (χ0v) is 10.4. The molecule has 2 rings (SSSR count). The van der Waals surface area contributed by atoms with Crippen molar-refractivity contribution in [2.24, 2.45) is 5.73 Å². The van der Waals surface area contributed by atoms with Gasteiger partial charge in [-0.25, -0.2) is 4.98 Å². The van der Waals surface area contributed by atoms with Gasteiger partial charge in [-0.1, -0.05) is 0 Å². The Morgan fingerprint density at radius 2 is 2.07 bits per heavy atom. The van der Waals surface area contributed by atoms with Gasteiger partial charge >= 0.3 is 0 Å². The van der Waals surface area contributed by atoms with Crippen LogP contribution in [-0.4, -0.2) is 15.0 Å². The number of nitrogens with zero attached hydrogens (tertiary/aromatic N) is 3. The van der Waals surface area contributed by atoms with Crippen LogP contribution in [0.2, 0.25) is 0 Å². The molecule has 0 amide bonds. The van der Waals surface area contributed by atoms with Gasteiger partial charge in [-0.3, -0.25) is 9.97 Å². The molecule has 0 aliphatic heterocycles. The first-order chi connectivity index (χ1) is 7.18. The van der Waals surface area contributed by atoms with Crippen LogP contribution >= 0.6 is 27.3 Å². The van der Waals surface area contributed by atoms with Gasteiger partial charge in [-0.05, 0) is 22.9 Å². The number of halogens is 1. The maximum Gasteiger partial charge on any atom is 0.144 e. The summed E-state index contributed by atoms with van der Waals surface area (Å²) in [4.78, 5) is 12.7. The topological polar surface area (TPSA) is 64.7 Å². The second-order valence-electron chi connectivity index (χ2n) is 3.05. The van der Waals surface area contributed by atoms with E-state index in [4.69, 9.17) is 5.73 Å². The maximum absolute atomic E-state index is 5.82. The third kappa shape index (κ3) is 2.22. The lowest BCUT2D eigenvalue weighted by Gasteiger charge is -2.07. The van der Waals surface area contributed by atoms with Crippen molar-refractivity contribution in [3.05, 3.63) is 28.1 Å². The van der Waals surface area contributed by atoms with E-state index in [1.165, 1.54) is 11.3 Å². The van der Waals surface area contributed by atoms with E-state index in [1.807, 2.05) is 6.92 Å². The van der Waals surface area contributed by atoms with Crippen LogP contribution in [0.5, 0.6) is 0 Å². The fourth-order valence-corrected chi connectivity index (χ4v) is 2.42. The molecular formula is C9H9BrN4S. The largest absolute Gasteiger partial charge is 0.323 e. The van der Waals surface area contributed by atoms with Crippen molar-refractivity contribution in [3.63, 3.8) is 0 Å². The lowest BCUT2D eigenvalue weighted by Crippen LogP contribution is -2.09. The van der Waals surface area contributed by atoms with E-state index < -0.39 is 0 Å². The van der Waals surface area contributed by atoms with Crippen molar-refractivity contribution in [1.82, 2.24) is 15.0 Å². The van der Waals surface area contributed by atoms with Crippen LogP contribution in [0.25, 0.3) is 10.7 Å². The number of hydrogen-bond donors (Lipinski definition) is 1. The summed E-state index contributed by atoms with van der Waals surface area (Å²) in [6.45, 7) is 1.89. The van der Waals surface area contributed by atoms with Crippen LogP contribution in [0.1, 0.15) is 18.7 Å². The van der Waals surface area contributed by atoms with Gasteiger partial charge in [0.25, 0.3) is 0 Å². The number of aromatic nitrogens is 3. The lowest BCUT2D eigenvalue weighted by molar-refractivity contribution is 0.775. The molecule has 0 saturated heterocycles. The predicted octanol–water partition coefficient (Wildman–Crippen LogP) is 2.38. The van der Waals surface area contributed by atoms with Crippen molar-refractivity contribution < 1.29 is 0 Å². The van der Waals surface area contributed by atoms with E-state index in [1.54, 1.807) is 18.6 Å². The molecule has 0 aromatic carbocycles. The van der Waals surface area contributed by atoms with Gasteiger partial charge < -0.3 is 5.73 Å². The molecule has 0 fully saturated rings. The smallest absolute Gasteiger partial charge is 0.144 e. The Kier molecular flexibility index (Phi) is 3.08. The van der Waals surface area contributed by atoms with Gasteiger partial charge in [0.2, 0.25) is 0 Å². The molecule has 0 radical (unpaired) electrons. The molecule has 6 heteroatoms. The summed E-state index contributed by atoms with van der Waals surface area (Å²) in [7, 11) is 0. The fourth-order valence-electron chi connectivity index (χ4n) is 1.21. The summed E-state index contributed by atoms with van der Waals surface area (Å²) >= 11 is 4.89. The second-order valence-corrected chi connectivity index (χ2v) is 5.46. The molecule has 0 aliphatic carbocycles. The SMILES string of the molecule is CC(N)c1nccnc1-c1ncc(Br)s1. The van der Waals surface area contributed by atoms with Crippen molar-refractivity contribution >= 4 is 27.3 Å². The van der Waals surface area contributed by atoms with Gasteiger partial charge in [-0.15, -0.1) is 11.3 Å². The summed E-state index contributed by atoms with van der Waals surface area (Å²) in [6, 6.07) is -0.142. The fraction of sp³-hybridized carbons (Fsp3) is 0.222. The molecule has 1 unspecified atom stereocenters. The molecule has 0 saturated carbocycles. The highest BCUT2D eigenvalue weighted by Crippen LogP contribution is 2.29. The highest BCUT2D eigenvalue weighted by Gasteiger charge is 2.14. The molecule has 2 aromatic rings. The Hall–Kier alpha value is -0.850. The van der Waals surface area contributed by atoms with Crippen LogP contribution in [-0.2, 0) is 0 Å². The van der Waals surface area contributed by atoms with Crippen LogP contribution in [0, 0.1) is 0 Å². The van der Waals surface area contributed by atoms with E-state index in [9.17, 15) is 0 Å². The average Bonchev–Trinajstić information content (AvgIpc) is 2.65. The number of thiazole rings is 1. The van der Waals surface area contributed by atoms with Crippen LogP contribution in [0.4, 0.5) is 0 Å². The van der Waals surface area contributed by atoms with Gasteiger partial charge in [0.15, 0.2) is 0 Å². The van der Waals surface area contributed by atoms with E-state index >= 15 is 0 Å². The van der Waals surface area contributed by atoms with Gasteiger partial charge in [-0.2, -0.15) is 0 Å². The minimum absolute atomic E-state index is 0.142. The van der Waals surface area contributed by atoms with Crippen LogP contribution < -0.4 is 5.73 Å². The Balaban J connectivity index is 2.52. The molecule has 0 bridgehead atoms. The molecule has 1 atom stereocenters. The van der Waals surface area contributed by atoms with Gasteiger partial charge in [0.1, 0.15) is 10.7 Å². The quantitative estimate of drug-likeness (QED) is 0.920. The summed E-state index contributed by atoms with van der Waals surface area (Å²) in [6.07, 6.45) is 5.04. The monoisotopic (exact) mass is 284 g/mol.